The number of rotatable bonds is 9. The maximum absolute atomic E-state index is 13.6. The van der Waals surface area contributed by atoms with Crippen LogP contribution in [-0.2, 0) is 14.3 Å². The summed E-state index contributed by atoms with van der Waals surface area (Å²) in [6.07, 6.45) is -7.67. The van der Waals surface area contributed by atoms with Crippen molar-refractivity contribution in [1.29, 1.82) is 0 Å². The quantitative estimate of drug-likeness (QED) is 0.535. The normalized spacial score (nSPS) is 14.4. The molecule has 0 aliphatic heterocycles. The Hall–Kier alpha value is -3.56. The third kappa shape index (κ3) is 6.12. The molecule has 2 aromatic rings. The van der Waals surface area contributed by atoms with E-state index in [-0.39, 0.29) is 19.1 Å². The molecule has 10 heteroatoms. The minimum Gasteiger partial charge on any atom is -0.481 e. The van der Waals surface area contributed by atoms with Gasteiger partial charge in [0, 0.05) is 18.5 Å². The summed E-state index contributed by atoms with van der Waals surface area (Å²) in [5, 5.41) is 10.7. The lowest BCUT2D eigenvalue weighted by Crippen LogP contribution is -2.50. The zero-order valence-corrected chi connectivity index (χ0v) is 19.3. The minimum atomic E-state index is -4.91. The van der Waals surface area contributed by atoms with Gasteiger partial charge >= 0.3 is 18.2 Å². The number of benzene rings is 2. The number of fused-ring (bicyclic) bond motifs is 3. The molecule has 2 amide bonds. The van der Waals surface area contributed by atoms with E-state index in [1.165, 1.54) is 13.8 Å². The number of carboxylic acids is 1. The summed E-state index contributed by atoms with van der Waals surface area (Å²) >= 11 is 0. The third-order valence-corrected chi connectivity index (χ3v) is 6.07. The molecule has 0 fully saturated rings. The van der Waals surface area contributed by atoms with Gasteiger partial charge in [0.05, 0.1) is 12.8 Å². The van der Waals surface area contributed by atoms with Crippen LogP contribution < -0.4 is 5.32 Å². The number of carbonyl (C=O) groups excluding carboxylic acids is 2. The topological polar surface area (TPSA) is 95.9 Å². The minimum absolute atomic E-state index is 0.0306. The molecule has 0 saturated heterocycles. The summed E-state index contributed by atoms with van der Waals surface area (Å²) in [5.74, 6) is -2.41. The predicted octanol–water partition coefficient (Wildman–Crippen LogP) is 4.56. The molecule has 0 heterocycles. The molecular formula is C25H27F3N2O5. The SMILES string of the molecule is CCN(C(=O)CC(NC(=O)OCC1c2ccccc2-c2ccccc21)C(F)(F)F)C(C)CC(=O)O. The first-order chi connectivity index (χ1) is 16.5. The van der Waals surface area contributed by atoms with Crippen molar-refractivity contribution in [2.24, 2.45) is 0 Å². The zero-order valence-electron chi connectivity index (χ0n) is 19.3. The van der Waals surface area contributed by atoms with E-state index in [2.05, 4.69) is 0 Å². The van der Waals surface area contributed by atoms with Crippen LogP contribution in [0.15, 0.2) is 48.5 Å². The number of nitrogens with one attached hydrogen (secondary N) is 1. The number of carboxylic acid groups (broad SMARTS) is 1. The molecular weight excluding hydrogens is 465 g/mol. The van der Waals surface area contributed by atoms with Crippen LogP contribution >= 0.6 is 0 Å². The van der Waals surface area contributed by atoms with Gasteiger partial charge in [-0.15, -0.1) is 0 Å². The van der Waals surface area contributed by atoms with E-state index in [1.807, 2.05) is 48.5 Å². The van der Waals surface area contributed by atoms with E-state index < -0.39 is 49.1 Å². The molecule has 0 spiro atoms. The monoisotopic (exact) mass is 492 g/mol. The summed E-state index contributed by atoms with van der Waals surface area (Å²) in [6.45, 7) is 2.84. The molecule has 7 nitrogen and oxygen atoms in total. The molecule has 0 saturated carbocycles. The Morgan fingerprint density at radius 3 is 2.06 bits per heavy atom. The van der Waals surface area contributed by atoms with Crippen molar-refractivity contribution in [1.82, 2.24) is 10.2 Å². The fraction of sp³-hybridized carbons (Fsp3) is 0.400. The molecule has 0 radical (unpaired) electrons. The van der Waals surface area contributed by atoms with Gasteiger partial charge in [-0.1, -0.05) is 48.5 Å². The number of aliphatic carboxylic acids is 1. The van der Waals surface area contributed by atoms with E-state index in [0.717, 1.165) is 27.2 Å². The van der Waals surface area contributed by atoms with Crippen LogP contribution in [0, 0.1) is 0 Å². The largest absolute Gasteiger partial charge is 0.481 e. The van der Waals surface area contributed by atoms with Crippen LogP contribution in [0.25, 0.3) is 11.1 Å². The van der Waals surface area contributed by atoms with Crippen molar-refractivity contribution in [2.45, 2.75) is 50.9 Å². The Labute approximate surface area is 200 Å². The molecule has 1 aliphatic rings. The van der Waals surface area contributed by atoms with Crippen molar-refractivity contribution in [3.8, 4) is 11.1 Å². The predicted molar refractivity (Wildman–Crippen MR) is 122 cm³/mol. The number of hydrogen-bond donors (Lipinski definition) is 2. The van der Waals surface area contributed by atoms with Gasteiger partial charge in [-0.05, 0) is 36.1 Å². The van der Waals surface area contributed by atoms with Gasteiger partial charge in [0.25, 0.3) is 0 Å². The maximum atomic E-state index is 13.6. The van der Waals surface area contributed by atoms with Crippen LogP contribution in [-0.4, -0.2) is 59.4 Å². The van der Waals surface area contributed by atoms with Crippen LogP contribution in [0.1, 0.15) is 43.7 Å². The highest BCUT2D eigenvalue weighted by molar-refractivity contribution is 5.80. The first-order valence-corrected chi connectivity index (χ1v) is 11.2. The van der Waals surface area contributed by atoms with E-state index in [9.17, 15) is 27.6 Å². The summed E-state index contributed by atoms with van der Waals surface area (Å²) in [6, 6.07) is 11.8. The molecule has 3 rings (SSSR count). The third-order valence-electron chi connectivity index (χ3n) is 6.07. The van der Waals surface area contributed by atoms with Crippen molar-refractivity contribution < 1.29 is 37.4 Å². The lowest BCUT2D eigenvalue weighted by atomic mass is 9.98. The molecule has 2 atom stereocenters. The average molecular weight is 492 g/mol. The first kappa shape index (κ1) is 26.1. The van der Waals surface area contributed by atoms with Gasteiger partial charge in [0.2, 0.25) is 5.91 Å². The Kier molecular flexibility index (Phi) is 8.03. The Bertz CT molecular complexity index is 1040. The van der Waals surface area contributed by atoms with Crippen LogP contribution in [0.2, 0.25) is 0 Å². The highest BCUT2D eigenvalue weighted by Crippen LogP contribution is 2.44. The molecule has 2 N–H and O–H groups in total. The molecule has 0 aromatic heterocycles. The van der Waals surface area contributed by atoms with Crippen LogP contribution in [0.4, 0.5) is 18.0 Å². The van der Waals surface area contributed by atoms with Crippen molar-refractivity contribution >= 4 is 18.0 Å². The zero-order chi connectivity index (χ0) is 25.8. The number of amides is 2. The number of alkyl carbamates (subject to hydrolysis) is 1. The summed E-state index contributed by atoms with van der Waals surface area (Å²) < 4.78 is 46.0. The molecule has 35 heavy (non-hydrogen) atoms. The summed E-state index contributed by atoms with van der Waals surface area (Å²) in [5.41, 5.74) is 3.78. The van der Waals surface area contributed by atoms with Gasteiger partial charge in [-0.2, -0.15) is 13.2 Å². The summed E-state index contributed by atoms with van der Waals surface area (Å²) in [4.78, 5) is 36.8. The van der Waals surface area contributed by atoms with Crippen LogP contribution in [0.5, 0.6) is 0 Å². The fourth-order valence-electron chi connectivity index (χ4n) is 4.42. The molecule has 0 bridgehead atoms. The molecule has 1 aliphatic carbocycles. The van der Waals surface area contributed by atoms with E-state index in [0.29, 0.717) is 0 Å². The lowest BCUT2D eigenvalue weighted by molar-refractivity contribution is -0.164. The Morgan fingerprint density at radius 1 is 1.03 bits per heavy atom. The highest BCUT2D eigenvalue weighted by Gasteiger charge is 2.43. The number of ether oxygens (including phenoxy) is 1. The number of halogens is 3. The molecule has 2 unspecified atom stereocenters. The lowest BCUT2D eigenvalue weighted by Gasteiger charge is -2.29. The second kappa shape index (κ2) is 10.8. The van der Waals surface area contributed by atoms with Crippen molar-refractivity contribution in [3.05, 3.63) is 59.7 Å². The maximum Gasteiger partial charge on any atom is 0.409 e. The van der Waals surface area contributed by atoms with E-state index >= 15 is 0 Å². The number of hydrogen-bond acceptors (Lipinski definition) is 4. The average Bonchev–Trinajstić information content (AvgIpc) is 3.10. The smallest absolute Gasteiger partial charge is 0.409 e. The number of carbonyl (C=O) groups is 3. The standard InChI is InChI=1S/C25H27F3N2O5/c1-3-30(15(2)12-23(32)33)22(31)13-21(25(26,27)28)29-24(34)35-14-20-18-10-6-4-8-16(18)17-9-5-7-11-19(17)20/h4-11,15,20-21H,3,12-14H2,1-2H3,(H,29,34)(H,32,33). The fourth-order valence-corrected chi connectivity index (χ4v) is 4.42. The highest BCUT2D eigenvalue weighted by atomic mass is 19.4. The second-order valence-electron chi connectivity index (χ2n) is 8.39. The van der Waals surface area contributed by atoms with Gasteiger partial charge in [0.15, 0.2) is 0 Å². The molecule has 188 valence electrons. The van der Waals surface area contributed by atoms with Crippen molar-refractivity contribution in [2.75, 3.05) is 13.2 Å². The second-order valence-corrected chi connectivity index (χ2v) is 8.39. The van der Waals surface area contributed by atoms with Gasteiger partial charge in [0.1, 0.15) is 12.6 Å². The van der Waals surface area contributed by atoms with Gasteiger partial charge in [-0.25, -0.2) is 4.79 Å². The van der Waals surface area contributed by atoms with Gasteiger partial charge in [-0.3, -0.25) is 9.59 Å². The van der Waals surface area contributed by atoms with Crippen LogP contribution in [0.3, 0.4) is 0 Å². The summed E-state index contributed by atoms with van der Waals surface area (Å²) in [7, 11) is 0. The number of alkyl halides is 3. The Balaban J connectivity index is 1.67. The van der Waals surface area contributed by atoms with Crippen molar-refractivity contribution in [3.63, 3.8) is 0 Å². The first-order valence-electron chi connectivity index (χ1n) is 11.2. The van der Waals surface area contributed by atoms with Gasteiger partial charge < -0.3 is 20.1 Å². The van der Waals surface area contributed by atoms with E-state index in [1.54, 1.807) is 5.32 Å². The van der Waals surface area contributed by atoms with E-state index in [4.69, 9.17) is 9.84 Å². The molecule has 2 aromatic carbocycles. The number of nitrogens with zero attached hydrogens (tertiary/aromatic N) is 1. The Morgan fingerprint density at radius 2 is 1.57 bits per heavy atom.